The Hall–Kier alpha value is -4.28. The average Bonchev–Trinajstić information content (AvgIpc) is 0.828. The first kappa shape index (κ1) is 82.7. The first-order valence-electron chi connectivity index (χ1n) is 33.0. The van der Waals surface area contributed by atoms with Gasteiger partial charge in [0.05, 0.1) is 25.9 Å². The molecule has 0 radical (unpaired) electrons. The summed E-state index contributed by atoms with van der Waals surface area (Å²) in [6, 6.07) is 31.5. The van der Waals surface area contributed by atoms with Gasteiger partial charge in [-0.15, -0.1) is 0 Å². The molecule has 0 spiro atoms. The molecular weight excluding hydrogens is 1100 g/mol. The predicted octanol–water partition coefficient (Wildman–Crippen LogP) is 23.7. The quantitative estimate of drug-likeness (QED) is 0.0428. The summed E-state index contributed by atoms with van der Waals surface area (Å²) in [5.74, 6) is 12.9. The number of hydrogen-bond donors (Lipinski definition) is 0. The zero-order valence-corrected chi connectivity index (χ0v) is 54.2. The van der Waals surface area contributed by atoms with Gasteiger partial charge in [0.2, 0.25) is 0 Å². The van der Waals surface area contributed by atoms with E-state index in [1.807, 2.05) is 45.0 Å². The summed E-state index contributed by atoms with van der Waals surface area (Å²) in [5, 5.41) is 0. The number of ether oxygens (including phenoxy) is 9. The van der Waals surface area contributed by atoms with Gasteiger partial charge in [0.1, 0.15) is 17.2 Å². The maximum absolute atomic E-state index is 6.32. The van der Waals surface area contributed by atoms with Crippen molar-refractivity contribution < 1.29 is 42.6 Å². The molecule has 0 aromatic heterocycles. The molecule has 89 heavy (non-hydrogen) atoms. The monoisotopic (exact) mass is 1240 g/mol. The summed E-state index contributed by atoms with van der Waals surface area (Å²) in [7, 11) is 1.66. The van der Waals surface area contributed by atoms with E-state index in [0.717, 1.165) is 90.3 Å². The molecule has 9 heteroatoms. The zero-order valence-electron chi connectivity index (χ0n) is 54.2. The number of methoxy groups -OCH3 is 1. The summed E-state index contributed by atoms with van der Waals surface area (Å²) in [6.45, 7) is 30.9. The molecule has 0 aliphatic heterocycles. The lowest BCUT2D eigenvalue weighted by Gasteiger charge is -2.56. The lowest BCUT2D eigenvalue weighted by molar-refractivity contribution is -0.190. The molecule has 12 rings (SSSR count). The Morgan fingerprint density at radius 3 is 1.18 bits per heavy atom. The van der Waals surface area contributed by atoms with Crippen LogP contribution in [0, 0.1) is 46.8 Å². The van der Waals surface area contributed by atoms with Gasteiger partial charge in [0.15, 0.2) is 37.7 Å². The van der Waals surface area contributed by atoms with E-state index in [1.165, 1.54) is 112 Å². The molecular formula is C80H136O9. The Balaban J connectivity index is 0.000000586. The van der Waals surface area contributed by atoms with Gasteiger partial charge in [0.25, 0.3) is 0 Å². The minimum atomic E-state index is -0.265. The van der Waals surface area contributed by atoms with Crippen molar-refractivity contribution in [3.05, 3.63) is 113 Å². The highest BCUT2D eigenvalue weighted by Gasteiger charge is 2.52. The molecule has 8 saturated carbocycles. The van der Waals surface area contributed by atoms with Crippen LogP contribution in [-0.2, 0) is 18.9 Å². The summed E-state index contributed by atoms with van der Waals surface area (Å²) in [6.07, 6.45) is 21.1. The molecule has 8 aliphatic rings. The molecule has 4 aromatic rings. The molecule has 8 aliphatic carbocycles. The molecule has 8 bridgehead atoms. The Morgan fingerprint density at radius 2 is 0.787 bits per heavy atom. The molecule has 6 unspecified atom stereocenters. The van der Waals surface area contributed by atoms with E-state index in [4.69, 9.17) is 42.6 Å². The molecule has 510 valence electrons. The van der Waals surface area contributed by atoms with Gasteiger partial charge >= 0.3 is 0 Å². The van der Waals surface area contributed by atoms with Crippen LogP contribution in [0.4, 0.5) is 0 Å². The van der Waals surface area contributed by atoms with Crippen molar-refractivity contribution in [2.75, 3.05) is 40.5 Å². The molecule has 0 amide bonds. The fourth-order valence-electron chi connectivity index (χ4n) is 15.0. The first-order valence-corrected chi connectivity index (χ1v) is 33.0. The van der Waals surface area contributed by atoms with E-state index in [-0.39, 0.29) is 62.7 Å². The third-order valence-electron chi connectivity index (χ3n) is 19.7. The SMILES string of the molecule is C.C.C.C.C.C.CCC(C)c1ccc(OC(C)OCC(C)C)cc1.CCC(C)c1ccc(OCOC23CC4CC(CC(C4)C2)C3)cc1.CCC(C)c1ccc(OCOCC23CC4CC(CC(C4)C2)C3)cc1.CCOC(C)Oc1ccc(C(C)CC)cc1OC. The van der Waals surface area contributed by atoms with Crippen molar-refractivity contribution in [2.45, 2.75) is 279 Å². The number of rotatable bonds is 27. The summed E-state index contributed by atoms with van der Waals surface area (Å²) < 4.78 is 51.8. The van der Waals surface area contributed by atoms with Gasteiger partial charge in [-0.3, -0.25) is 0 Å². The van der Waals surface area contributed by atoms with Crippen LogP contribution in [0.25, 0.3) is 0 Å². The van der Waals surface area contributed by atoms with E-state index in [2.05, 4.69) is 136 Å². The maximum Gasteiger partial charge on any atom is 0.197 e. The Kier molecular flexibility index (Phi) is 37.8. The standard InChI is InChI=1S/C22H32O2.C21H30O2.C16H26O2.C15H24O3.6CH4/c1-3-16(2)20-4-6-21(7-5-20)24-15-23-14-22-11-17-8-18(12-22)10-19(9-17)13-22;1-3-15(2)19-4-6-20(7-5-19)22-14-23-21-11-16-8-17(12-21)10-18(9-16)13-21;1-6-13(4)15-7-9-16(10-8-15)18-14(5)17-11-12(2)3;1-6-11(3)13-8-9-14(15(10-13)16-5)18-12(4)17-7-2;;;;;;/h4-7,16-19H,3,8-15H2,1-2H3;4-7,15-18H,3,8-14H2,1-2H3;7-10,12-14H,6,11H2,1-5H3;8-12H,6-7H2,1-5H3;6*1H4. The Morgan fingerprint density at radius 1 is 0.416 bits per heavy atom. The smallest absolute Gasteiger partial charge is 0.197 e. The lowest BCUT2D eigenvalue weighted by atomic mass is 9.50. The van der Waals surface area contributed by atoms with E-state index in [9.17, 15) is 0 Å². The van der Waals surface area contributed by atoms with Crippen molar-refractivity contribution >= 4 is 0 Å². The minimum absolute atomic E-state index is 0. The van der Waals surface area contributed by atoms with Gasteiger partial charge in [0, 0.05) is 6.61 Å². The predicted molar refractivity (Wildman–Crippen MR) is 380 cm³/mol. The lowest BCUT2D eigenvalue weighted by Crippen LogP contribution is -2.52. The third-order valence-corrected chi connectivity index (χ3v) is 19.7. The van der Waals surface area contributed by atoms with Crippen LogP contribution in [0.5, 0.6) is 28.7 Å². The molecule has 8 fully saturated rings. The van der Waals surface area contributed by atoms with E-state index >= 15 is 0 Å². The summed E-state index contributed by atoms with van der Waals surface area (Å²) >= 11 is 0. The normalized spacial score (nSPS) is 24.6. The summed E-state index contributed by atoms with van der Waals surface area (Å²) in [4.78, 5) is 0. The van der Waals surface area contributed by atoms with Crippen molar-refractivity contribution in [2.24, 2.45) is 46.8 Å². The molecule has 0 N–H and O–H groups in total. The van der Waals surface area contributed by atoms with Crippen LogP contribution < -0.4 is 23.7 Å². The highest BCUT2D eigenvalue weighted by Crippen LogP contribution is 2.60. The molecule has 6 atom stereocenters. The number of benzene rings is 4. The second-order valence-electron chi connectivity index (χ2n) is 26.9. The maximum atomic E-state index is 6.32. The van der Waals surface area contributed by atoms with Crippen LogP contribution in [0.2, 0.25) is 0 Å². The second kappa shape index (κ2) is 40.6. The van der Waals surface area contributed by atoms with Gasteiger partial charge in [-0.1, -0.05) is 156 Å². The Labute approximate surface area is 548 Å². The van der Waals surface area contributed by atoms with Crippen LogP contribution in [0.1, 0.15) is 283 Å². The molecule has 0 heterocycles. The topological polar surface area (TPSA) is 83.1 Å². The van der Waals surface area contributed by atoms with E-state index < -0.39 is 0 Å². The average molecular weight is 1240 g/mol. The van der Waals surface area contributed by atoms with Gasteiger partial charge in [-0.05, 0) is 265 Å². The second-order valence-corrected chi connectivity index (χ2v) is 26.9. The third kappa shape index (κ3) is 24.9. The van der Waals surface area contributed by atoms with Crippen LogP contribution in [0.15, 0.2) is 91.0 Å². The minimum Gasteiger partial charge on any atom is -0.493 e. The van der Waals surface area contributed by atoms with Gasteiger partial charge in [-0.2, -0.15) is 0 Å². The van der Waals surface area contributed by atoms with Crippen molar-refractivity contribution in [1.82, 2.24) is 0 Å². The van der Waals surface area contributed by atoms with Gasteiger partial charge < -0.3 is 42.6 Å². The highest BCUT2D eigenvalue weighted by atomic mass is 16.7. The van der Waals surface area contributed by atoms with Crippen LogP contribution in [-0.4, -0.2) is 58.7 Å². The first-order chi connectivity index (χ1) is 40.0. The van der Waals surface area contributed by atoms with Crippen molar-refractivity contribution in [3.63, 3.8) is 0 Å². The largest absolute Gasteiger partial charge is 0.493 e. The highest BCUT2D eigenvalue weighted by molar-refractivity contribution is 5.44. The fourth-order valence-corrected chi connectivity index (χ4v) is 15.0. The molecule has 9 nitrogen and oxygen atoms in total. The fraction of sp³-hybridized carbons (Fsp3) is 0.700. The number of hydrogen-bond acceptors (Lipinski definition) is 9. The van der Waals surface area contributed by atoms with Gasteiger partial charge in [-0.25, -0.2) is 0 Å². The molecule has 0 saturated heterocycles. The zero-order chi connectivity index (χ0) is 59.5. The van der Waals surface area contributed by atoms with Crippen molar-refractivity contribution in [3.8, 4) is 28.7 Å². The van der Waals surface area contributed by atoms with Crippen LogP contribution >= 0.6 is 0 Å². The van der Waals surface area contributed by atoms with Crippen LogP contribution in [0.3, 0.4) is 0 Å². The molecule has 4 aromatic carbocycles. The van der Waals surface area contributed by atoms with E-state index in [1.54, 1.807) is 7.11 Å². The Bertz CT molecular complexity index is 2380. The van der Waals surface area contributed by atoms with E-state index in [0.29, 0.717) is 55.2 Å². The summed E-state index contributed by atoms with van der Waals surface area (Å²) in [5.41, 5.74) is 6.04. The van der Waals surface area contributed by atoms with Crippen molar-refractivity contribution in [1.29, 1.82) is 0 Å².